The zero-order valence-corrected chi connectivity index (χ0v) is 10.5. The molecular formula is C13H28N2. The average Bonchev–Trinajstić information content (AvgIpc) is 2.48. The zero-order chi connectivity index (χ0) is 11.1. The molecule has 0 bridgehead atoms. The molecule has 0 aliphatic carbocycles. The summed E-state index contributed by atoms with van der Waals surface area (Å²) in [6.45, 7) is 7.06. The molecule has 1 heterocycles. The van der Waals surface area contributed by atoms with Crippen molar-refractivity contribution in [2.45, 2.75) is 70.9 Å². The lowest BCUT2D eigenvalue weighted by Gasteiger charge is -2.34. The number of likely N-dealkylation sites (tertiary alicyclic amines) is 1. The lowest BCUT2D eigenvalue weighted by molar-refractivity contribution is 0.167. The minimum Gasteiger partial charge on any atom is -0.326 e. The molecule has 0 amide bonds. The highest BCUT2D eigenvalue weighted by Gasteiger charge is 2.23. The maximum atomic E-state index is 6.28. The Kier molecular flexibility index (Phi) is 6.26. The third-order valence-electron chi connectivity index (χ3n) is 3.64. The highest BCUT2D eigenvalue weighted by molar-refractivity contribution is 4.82. The van der Waals surface area contributed by atoms with Gasteiger partial charge in [-0.05, 0) is 38.8 Å². The third-order valence-corrected chi connectivity index (χ3v) is 3.64. The van der Waals surface area contributed by atoms with Crippen LogP contribution in [0.5, 0.6) is 0 Å². The first kappa shape index (κ1) is 13.0. The number of rotatable bonds is 5. The zero-order valence-electron chi connectivity index (χ0n) is 10.5. The SMILES string of the molecule is CCCC(N)C(CC)N1CCCCCC1. The lowest BCUT2D eigenvalue weighted by Crippen LogP contribution is -2.47. The van der Waals surface area contributed by atoms with E-state index in [0.717, 1.165) is 0 Å². The van der Waals surface area contributed by atoms with Crippen LogP contribution in [0, 0.1) is 0 Å². The topological polar surface area (TPSA) is 29.3 Å². The van der Waals surface area contributed by atoms with E-state index in [9.17, 15) is 0 Å². The summed E-state index contributed by atoms with van der Waals surface area (Å²) in [5, 5.41) is 0. The summed E-state index contributed by atoms with van der Waals surface area (Å²) in [6, 6.07) is 1.01. The molecule has 1 aliphatic heterocycles. The smallest absolute Gasteiger partial charge is 0.0244 e. The van der Waals surface area contributed by atoms with Gasteiger partial charge in [0, 0.05) is 12.1 Å². The second-order valence-corrected chi connectivity index (χ2v) is 4.88. The van der Waals surface area contributed by atoms with Crippen LogP contribution >= 0.6 is 0 Å². The summed E-state index contributed by atoms with van der Waals surface area (Å²) < 4.78 is 0. The van der Waals surface area contributed by atoms with Crippen LogP contribution in [0.4, 0.5) is 0 Å². The van der Waals surface area contributed by atoms with E-state index in [4.69, 9.17) is 5.73 Å². The van der Waals surface area contributed by atoms with Crippen molar-refractivity contribution in [1.82, 2.24) is 4.90 Å². The van der Waals surface area contributed by atoms with Gasteiger partial charge in [-0.3, -0.25) is 4.90 Å². The van der Waals surface area contributed by atoms with E-state index in [1.54, 1.807) is 0 Å². The van der Waals surface area contributed by atoms with Gasteiger partial charge in [-0.2, -0.15) is 0 Å². The molecule has 0 aromatic heterocycles. The van der Waals surface area contributed by atoms with Gasteiger partial charge < -0.3 is 5.73 Å². The Morgan fingerprint density at radius 3 is 2.13 bits per heavy atom. The highest BCUT2D eigenvalue weighted by atomic mass is 15.2. The molecule has 1 saturated heterocycles. The van der Waals surface area contributed by atoms with Gasteiger partial charge in [0.05, 0.1) is 0 Å². The van der Waals surface area contributed by atoms with Gasteiger partial charge in [0.25, 0.3) is 0 Å². The first-order chi connectivity index (χ1) is 7.29. The molecule has 0 spiro atoms. The summed E-state index contributed by atoms with van der Waals surface area (Å²) in [7, 11) is 0. The summed E-state index contributed by atoms with van der Waals surface area (Å²) in [5.41, 5.74) is 6.28. The number of hydrogen-bond donors (Lipinski definition) is 1. The molecule has 2 nitrogen and oxygen atoms in total. The monoisotopic (exact) mass is 212 g/mol. The quantitative estimate of drug-likeness (QED) is 0.759. The third kappa shape index (κ3) is 4.12. The van der Waals surface area contributed by atoms with Crippen molar-refractivity contribution in [2.75, 3.05) is 13.1 Å². The number of hydrogen-bond acceptors (Lipinski definition) is 2. The number of nitrogens with two attached hydrogens (primary N) is 1. The summed E-state index contributed by atoms with van der Waals surface area (Å²) >= 11 is 0. The van der Waals surface area contributed by atoms with Crippen LogP contribution in [0.2, 0.25) is 0 Å². The maximum Gasteiger partial charge on any atom is 0.0244 e. The molecular weight excluding hydrogens is 184 g/mol. The van der Waals surface area contributed by atoms with Crippen LogP contribution in [0.1, 0.15) is 58.8 Å². The van der Waals surface area contributed by atoms with Crippen LogP contribution in [-0.2, 0) is 0 Å². The fourth-order valence-electron chi connectivity index (χ4n) is 2.78. The van der Waals surface area contributed by atoms with Crippen molar-refractivity contribution in [3.8, 4) is 0 Å². The van der Waals surface area contributed by atoms with Crippen LogP contribution < -0.4 is 5.73 Å². The molecule has 2 atom stereocenters. The highest BCUT2D eigenvalue weighted by Crippen LogP contribution is 2.17. The fourth-order valence-corrected chi connectivity index (χ4v) is 2.78. The van der Waals surface area contributed by atoms with Crippen LogP contribution in [0.15, 0.2) is 0 Å². The second kappa shape index (κ2) is 7.24. The predicted octanol–water partition coefficient (Wildman–Crippen LogP) is 2.77. The first-order valence-corrected chi connectivity index (χ1v) is 6.79. The Morgan fingerprint density at radius 2 is 1.67 bits per heavy atom. The van der Waals surface area contributed by atoms with Crippen molar-refractivity contribution in [2.24, 2.45) is 5.73 Å². The Balaban J connectivity index is 2.47. The van der Waals surface area contributed by atoms with Gasteiger partial charge in [-0.15, -0.1) is 0 Å². The average molecular weight is 212 g/mol. The molecule has 2 heteroatoms. The standard InChI is InChI=1S/C13H28N2/c1-3-9-12(14)13(4-2)15-10-7-5-6-8-11-15/h12-13H,3-11,14H2,1-2H3. The molecule has 0 aromatic carbocycles. The molecule has 0 aromatic rings. The van der Waals surface area contributed by atoms with Gasteiger partial charge in [0.1, 0.15) is 0 Å². The summed E-state index contributed by atoms with van der Waals surface area (Å²) in [5.74, 6) is 0. The van der Waals surface area contributed by atoms with Crippen molar-refractivity contribution in [3.63, 3.8) is 0 Å². The molecule has 15 heavy (non-hydrogen) atoms. The Morgan fingerprint density at radius 1 is 1.07 bits per heavy atom. The number of nitrogens with zero attached hydrogens (tertiary/aromatic N) is 1. The van der Waals surface area contributed by atoms with E-state index >= 15 is 0 Å². The van der Waals surface area contributed by atoms with Crippen molar-refractivity contribution >= 4 is 0 Å². The van der Waals surface area contributed by atoms with E-state index < -0.39 is 0 Å². The minimum absolute atomic E-state index is 0.387. The van der Waals surface area contributed by atoms with Gasteiger partial charge in [-0.25, -0.2) is 0 Å². The van der Waals surface area contributed by atoms with Crippen molar-refractivity contribution in [1.29, 1.82) is 0 Å². The Bertz CT molecular complexity index is 151. The normalized spacial score (nSPS) is 23.4. The molecule has 90 valence electrons. The van der Waals surface area contributed by atoms with E-state index in [2.05, 4.69) is 18.7 Å². The fraction of sp³-hybridized carbons (Fsp3) is 1.00. The van der Waals surface area contributed by atoms with E-state index in [0.29, 0.717) is 12.1 Å². The van der Waals surface area contributed by atoms with Crippen LogP contribution in [0.25, 0.3) is 0 Å². The molecule has 1 fully saturated rings. The Labute approximate surface area is 95.2 Å². The maximum absolute atomic E-state index is 6.28. The summed E-state index contributed by atoms with van der Waals surface area (Å²) in [6.07, 6.45) is 9.16. The van der Waals surface area contributed by atoms with Gasteiger partial charge in [-0.1, -0.05) is 33.1 Å². The van der Waals surface area contributed by atoms with Gasteiger partial charge in [0.2, 0.25) is 0 Å². The predicted molar refractivity (Wildman–Crippen MR) is 67.0 cm³/mol. The first-order valence-electron chi connectivity index (χ1n) is 6.79. The second-order valence-electron chi connectivity index (χ2n) is 4.88. The molecule has 0 radical (unpaired) electrons. The summed E-state index contributed by atoms with van der Waals surface area (Å²) in [4.78, 5) is 2.65. The largest absolute Gasteiger partial charge is 0.326 e. The lowest BCUT2D eigenvalue weighted by atomic mass is 10.00. The van der Waals surface area contributed by atoms with Crippen molar-refractivity contribution < 1.29 is 0 Å². The van der Waals surface area contributed by atoms with Gasteiger partial charge >= 0.3 is 0 Å². The molecule has 2 N–H and O–H groups in total. The van der Waals surface area contributed by atoms with Crippen molar-refractivity contribution in [3.05, 3.63) is 0 Å². The molecule has 1 aliphatic rings. The van der Waals surface area contributed by atoms with Crippen LogP contribution in [0.3, 0.4) is 0 Å². The van der Waals surface area contributed by atoms with E-state index in [1.165, 1.54) is 58.0 Å². The molecule has 0 saturated carbocycles. The van der Waals surface area contributed by atoms with Crippen LogP contribution in [-0.4, -0.2) is 30.1 Å². The van der Waals surface area contributed by atoms with Gasteiger partial charge in [0.15, 0.2) is 0 Å². The van der Waals surface area contributed by atoms with E-state index in [-0.39, 0.29) is 0 Å². The van der Waals surface area contributed by atoms with E-state index in [1.807, 2.05) is 0 Å². The minimum atomic E-state index is 0.387. The Hall–Kier alpha value is -0.0800. The molecule has 2 unspecified atom stereocenters. The molecule has 1 rings (SSSR count).